The van der Waals surface area contributed by atoms with Crippen molar-refractivity contribution in [1.82, 2.24) is 5.32 Å². The van der Waals surface area contributed by atoms with E-state index >= 15 is 0 Å². The molecule has 1 unspecified atom stereocenters. The Morgan fingerprint density at radius 2 is 1.90 bits per heavy atom. The van der Waals surface area contributed by atoms with Crippen LogP contribution in [-0.2, 0) is 9.59 Å². The first kappa shape index (κ1) is 16.9. The van der Waals surface area contributed by atoms with E-state index in [2.05, 4.69) is 5.32 Å². The maximum Gasteiger partial charge on any atom is 0.334 e. The van der Waals surface area contributed by atoms with Gasteiger partial charge < -0.3 is 21.3 Å². The Morgan fingerprint density at radius 1 is 1.30 bits per heavy atom. The van der Waals surface area contributed by atoms with Crippen LogP contribution < -0.4 is 11.1 Å². The van der Waals surface area contributed by atoms with Gasteiger partial charge in [0.2, 0.25) is 5.91 Å². The third-order valence-corrected chi connectivity index (χ3v) is 4.02. The molecule has 0 saturated heterocycles. The number of aliphatic hydroxyl groups excluding tert-OH is 1. The molecule has 0 aromatic rings. The molecular formula is C14H26N2O4. The first-order valence-corrected chi connectivity index (χ1v) is 7.41. The lowest BCUT2D eigenvalue weighted by molar-refractivity contribution is -0.149. The lowest BCUT2D eigenvalue weighted by Crippen LogP contribution is -2.59. The van der Waals surface area contributed by atoms with Crippen molar-refractivity contribution >= 4 is 11.9 Å². The highest BCUT2D eigenvalue weighted by Crippen LogP contribution is 2.26. The predicted octanol–water partition coefficient (Wildman–Crippen LogP) is 0.768. The van der Waals surface area contributed by atoms with E-state index in [0.29, 0.717) is 19.3 Å². The number of nitrogens with two attached hydrogens (primary N) is 1. The number of carboxylic acid groups (broad SMARTS) is 1. The third kappa shape index (κ3) is 4.45. The summed E-state index contributed by atoms with van der Waals surface area (Å²) in [6.45, 7) is 1.97. The van der Waals surface area contributed by atoms with Crippen LogP contribution in [0.5, 0.6) is 0 Å². The lowest BCUT2D eigenvalue weighted by Gasteiger charge is -2.34. The lowest BCUT2D eigenvalue weighted by atomic mass is 9.81. The number of amides is 1. The molecule has 0 heterocycles. The summed E-state index contributed by atoms with van der Waals surface area (Å²) in [4.78, 5) is 23.2. The molecule has 0 spiro atoms. The standard InChI is InChI=1S/C14H26N2O4/c1-2-3-7-10(11(17)12(18)19)16-13(20)14(15)8-5-4-6-9-14/h10-11,17H,2-9,15H2,1H3,(H,16,20)(H,18,19)/t10-,11?/m0/s1. The van der Waals surface area contributed by atoms with E-state index < -0.39 is 23.7 Å². The second kappa shape index (κ2) is 7.59. The second-order valence-corrected chi connectivity index (χ2v) is 5.72. The number of aliphatic carboxylic acids is 1. The Balaban J connectivity index is 2.67. The minimum absolute atomic E-state index is 0.335. The predicted molar refractivity (Wildman–Crippen MR) is 75.1 cm³/mol. The number of nitrogens with one attached hydrogen (secondary N) is 1. The Hall–Kier alpha value is -1.14. The molecule has 1 rings (SSSR count). The number of hydrogen-bond acceptors (Lipinski definition) is 4. The summed E-state index contributed by atoms with van der Waals surface area (Å²) in [6.07, 6.45) is 4.58. The smallest absolute Gasteiger partial charge is 0.334 e. The van der Waals surface area contributed by atoms with Gasteiger partial charge in [0.15, 0.2) is 6.10 Å². The van der Waals surface area contributed by atoms with E-state index in [4.69, 9.17) is 10.8 Å². The molecule has 116 valence electrons. The maximum atomic E-state index is 12.3. The summed E-state index contributed by atoms with van der Waals surface area (Å²) in [5, 5.41) is 21.2. The molecule has 20 heavy (non-hydrogen) atoms. The molecule has 1 saturated carbocycles. The zero-order valence-corrected chi connectivity index (χ0v) is 12.1. The summed E-state index contributed by atoms with van der Waals surface area (Å²) in [6, 6.07) is -0.776. The zero-order valence-electron chi connectivity index (χ0n) is 12.1. The third-order valence-electron chi connectivity index (χ3n) is 4.02. The second-order valence-electron chi connectivity index (χ2n) is 5.72. The summed E-state index contributed by atoms with van der Waals surface area (Å²) < 4.78 is 0. The van der Waals surface area contributed by atoms with Crippen LogP contribution in [0.2, 0.25) is 0 Å². The molecule has 0 aliphatic heterocycles. The largest absolute Gasteiger partial charge is 0.479 e. The Kier molecular flexibility index (Phi) is 6.42. The first-order valence-electron chi connectivity index (χ1n) is 7.41. The first-order chi connectivity index (χ1) is 9.40. The number of rotatable bonds is 7. The fraction of sp³-hybridized carbons (Fsp3) is 0.857. The minimum Gasteiger partial charge on any atom is -0.479 e. The van der Waals surface area contributed by atoms with Gasteiger partial charge in [-0.2, -0.15) is 0 Å². The highest BCUT2D eigenvalue weighted by molar-refractivity contribution is 5.87. The van der Waals surface area contributed by atoms with Crippen molar-refractivity contribution in [1.29, 1.82) is 0 Å². The minimum atomic E-state index is -1.59. The fourth-order valence-electron chi connectivity index (χ4n) is 2.63. The van der Waals surface area contributed by atoms with Crippen LogP contribution in [-0.4, -0.2) is 39.8 Å². The van der Waals surface area contributed by atoms with Gasteiger partial charge in [0.05, 0.1) is 11.6 Å². The van der Waals surface area contributed by atoms with Crippen molar-refractivity contribution in [2.75, 3.05) is 0 Å². The summed E-state index contributed by atoms with van der Waals surface area (Å²) >= 11 is 0. The van der Waals surface area contributed by atoms with Crippen LogP contribution >= 0.6 is 0 Å². The van der Waals surface area contributed by atoms with Crippen LogP contribution in [0.3, 0.4) is 0 Å². The van der Waals surface area contributed by atoms with Gasteiger partial charge in [-0.25, -0.2) is 4.79 Å². The molecule has 1 aliphatic rings. The average Bonchev–Trinajstić information content (AvgIpc) is 2.43. The molecule has 0 bridgehead atoms. The van der Waals surface area contributed by atoms with Crippen LogP contribution in [0, 0.1) is 0 Å². The fourth-order valence-corrected chi connectivity index (χ4v) is 2.63. The number of carbonyl (C=O) groups is 2. The SMILES string of the molecule is CCCC[C@H](NC(=O)C1(N)CCCCC1)C(O)C(=O)O. The quantitative estimate of drug-likeness (QED) is 0.552. The van der Waals surface area contributed by atoms with Gasteiger partial charge in [-0.3, -0.25) is 4.79 Å². The average molecular weight is 286 g/mol. The molecular weight excluding hydrogens is 260 g/mol. The molecule has 6 nitrogen and oxygen atoms in total. The van der Waals surface area contributed by atoms with Crippen molar-refractivity contribution in [2.45, 2.75) is 76.0 Å². The molecule has 0 aromatic carbocycles. The molecule has 5 N–H and O–H groups in total. The molecule has 0 radical (unpaired) electrons. The topological polar surface area (TPSA) is 113 Å². The molecule has 0 aromatic heterocycles. The Bertz CT molecular complexity index is 340. The van der Waals surface area contributed by atoms with E-state index in [1.165, 1.54) is 0 Å². The zero-order chi connectivity index (χ0) is 15.2. The Labute approximate surface area is 119 Å². The van der Waals surface area contributed by atoms with Crippen LogP contribution in [0.15, 0.2) is 0 Å². The maximum absolute atomic E-state index is 12.3. The molecule has 6 heteroatoms. The summed E-state index contributed by atoms with van der Waals surface area (Å²) in [7, 11) is 0. The van der Waals surface area contributed by atoms with Crippen molar-refractivity contribution < 1.29 is 19.8 Å². The summed E-state index contributed by atoms with van der Waals surface area (Å²) in [5.74, 6) is -1.65. The van der Waals surface area contributed by atoms with Gasteiger partial charge in [0.25, 0.3) is 0 Å². The van der Waals surface area contributed by atoms with E-state index in [1.807, 2.05) is 6.92 Å². The van der Waals surface area contributed by atoms with Crippen molar-refractivity contribution in [2.24, 2.45) is 5.73 Å². The highest BCUT2D eigenvalue weighted by atomic mass is 16.4. The molecule has 2 atom stereocenters. The van der Waals surface area contributed by atoms with Gasteiger partial charge in [-0.05, 0) is 19.3 Å². The van der Waals surface area contributed by atoms with Crippen LogP contribution in [0.25, 0.3) is 0 Å². The van der Waals surface area contributed by atoms with Gasteiger partial charge in [-0.15, -0.1) is 0 Å². The van der Waals surface area contributed by atoms with Crippen molar-refractivity contribution in [3.05, 3.63) is 0 Å². The van der Waals surface area contributed by atoms with Gasteiger partial charge >= 0.3 is 5.97 Å². The van der Waals surface area contributed by atoms with Gasteiger partial charge in [-0.1, -0.05) is 39.0 Å². The van der Waals surface area contributed by atoms with Crippen LogP contribution in [0.1, 0.15) is 58.3 Å². The van der Waals surface area contributed by atoms with Crippen LogP contribution in [0.4, 0.5) is 0 Å². The number of aliphatic hydroxyl groups is 1. The Morgan fingerprint density at radius 3 is 2.40 bits per heavy atom. The monoisotopic (exact) mass is 286 g/mol. The molecule has 1 aliphatic carbocycles. The molecule has 1 amide bonds. The van der Waals surface area contributed by atoms with E-state index in [9.17, 15) is 14.7 Å². The van der Waals surface area contributed by atoms with Gasteiger partial charge in [0.1, 0.15) is 0 Å². The summed E-state index contributed by atoms with van der Waals surface area (Å²) in [5.41, 5.74) is 5.20. The number of carbonyl (C=O) groups excluding carboxylic acids is 1. The van der Waals surface area contributed by atoms with E-state index in [-0.39, 0.29) is 5.91 Å². The normalized spacial score (nSPS) is 20.9. The van der Waals surface area contributed by atoms with Crippen molar-refractivity contribution in [3.63, 3.8) is 0 Å². The number of hydrogen-bond donors (Lipinski definition) is 4. The highest BCUT2D eigenvalue weighted by Gasteiger charge is 2.38. The van der Waals surface area contributed by atoms with E-state index in [1.54, 1.807) is 0 Å². The van der Waals surface area contributed by atoms with Crippen molar-refractivity contribution in [3.8, 4) is 0 Å². The molecule has 1 fully saturated rings. The number of unbranched alkanes of at least 4 members (excludes halogenated alkanes) is 1. The van der Waals surface area contributed by atoms with E-state index in [0.717, 1.165) is 32.1 Å². The van der Waals surface area contributed by atoms with Gasteiger partial charge in [0, 0.05) is 0 Å². The number of carboxylic acids is 1.